The SMILES string of the molecule is Cc1ccc(N2C(=O)c3ccc(C(=O)N4CCC(c5nc6ccc(C)cc6[nH]5)CC4)cc3C2=O)c(C)c1. The number of imidazole rings is 1. The van der Waals surface area contributed by atoms with Crippen LogP contribution in [0.4, 0.5) is 5.69 Å². The van der Waals surface area contributed by atoms with E-state index >= 15 is 0 Å². The van der Waals surface area contributed by atoms with E-state index in [-0.39, 0.29) is 29.2 Å². The van der Waals surface area contributed by atoms with Gasteiger partial charge in [-0.3, -0.25) is 14.4 Å². The molecule has 0 radical (unpaired) electrons. The zero-order chi connectivity index (χ0) is 25.8. The molecule has 37 heavy (non-hydrogen) atoms. The van der Waals surface area contributed by atoms with Crippen molar-refractivity contribution in [3.63, 3.8) is 0 Å². The summed E-state index contributed by atoms with van der Waals surface area (Å²) in [6.45, 7) is 7.14. The van der Waals surface area contributed by atoms with Crippen molar-refractivity contribution in [2.24, 2.45) is 0 Å². The lowest BCUT2D eigenvalue weighted by atomic mass is 9.95. The fourth-order valence-electron chi connectivity index (χ4n) is 5.52. The minimum Gasteiger partial charge on any atom is -0.342 e. The van der Waals surface area contributed by atoms with Crippen molar-refractivity contribution in [3.8, 4) is 0 Å². The van der Waals surface area contributed by atoms with Gasteiger partial charge in [-0.15, -0.1) is 0 Å². The Morgan fingerprint density at radius 3 is 2.32 bits per heavy atom. The summed E-state index contributed by atoms with van der Waals surface area (Å²) in [4.78, 5) is 51.0. The minimum absolute atomic E-state index is 0.119. The molecule has 0 spiro atoms. The standard InChI is InChI=1S/C30H28N4O3/c1-17-5-9-26(19(3)14-17)34-29(36)22-7-6-21(16-23(22)30(34)37)28(35)33-12-10-20(11-13-33)27-31-24-8-4-18(2)15-25(24)32-27/h4-9,14-16,20H,10-13H2,1-3H3,(H,31,32). The summed E-state index contributed by atoms with van der Waals surface area (Å²) in [5.41, 5.74) is 6.73. The number of carbonyl (C=O) groups is 3. The lowest BCUT2D eigenvalue weighted by molar-refractivity contribution is 0.0711. The number of aromatic amines is 1. The summed E-state index contributed by atoms with van der Waals surface area (Å²) in [7, 11) is 0. The van der Waals surface area contributed by atoms with Crippen LogP contribution in [-0.4, -0.2) is 45.7 Å². The number of likely N-dealkylation sites (tertiary alicyclic amines) is 1. The highest BCUT2D eigenvalue weighted by molar-refractivity contribution is 6.35. The number of anilines is 1. The monoisotopic (exact) mass is 492 g/mol. The Morgan fingerprint density at radius 2 is 1.57 bits per heavy atom. The summed E-state index contributed by atoms with van der Waals surface area (Å²) < 4.78 is 0. The summed E-state index contributed by atoms with van der Waals surface area (Å²) in [5, 5.41) is 0. The van der Waals surface area contributed by atoms with Crippen molar-refractivity contribution in [2.75, 3.05) is 18.0 Å². The van der Waals surface area contributed by atoms with Gasteiger partial charge in [0.15, 0.2) is 0 Å². The van der Waals surface area contributed by atoms with Crippen molar-refractivity contribution in [2.45, 2.75) is 39.5 Å². The number of aryl methyl sites for hydroxylation is 3. The van der Waals surface area contributed by atoms with Crippen LogP contribution < -0.4 is 4.90 Å². The topological polar surface area (TPSA) is 86.4 Å². The first-order chi connectivity index (χ1) is 17.8. The molecule has 0 unspecified atom stereocenters. The van der Waals surface area contributed by atoms with Gasteiger partial charge in [-0.25, -0.2) is 9.88 Å². The molecule has 0 saturated carbocycles. The number of carbonyl (C=O) groups excluding carboxylic acids is 3. The Labute approximate surface area is 215 Å². The average molecular weight is 493 g/mol. The second-order valence-corrected chi connectivity index (χ2v) is 10.2. The molecule has 4 aromatic rings. The molecule has 3 heterocycles. The third kappa shape index (κ3) is 3.91. The number of nitrogens with zero attached hydrogens (tertiary/aromatic N) is 3. The van der Waals surface area contributed by atoms with E-state index < -0.39 is 0 Å². The molecule has 7 nitrogen and oxygen atoms in total. The maximum Gasteiger partial charge on any atom is 0.266 e. The van der Waals surface area contributed by atoms with E-state index in [2.05, 4.69) is 24.0 Å². The number of H-pyrrole nitrogens is 1. The number of rotatable bonds is 3. The first-order valence-corrected chi connectivity index (χ1v) is 12.7. The van der Waals surface area contributed by atoms with Gasteiger partial charge in [-0.2, -0.15) is 0 Å². The normalized spacial score (nSPS) is 16.1. The molecular weight excluding hydrogens is 464 g/mol. The molecule has 186 valence electrons. The van der Waals surface area contributed by atoms with E-state index in [9.17, 15) is 14.4 Å². The van der Waals surface area contributed by atoms with Gasteiger partial charge < -0.3 is 9.88 Å². The van der Waals surface area contributed by atoms with Crippen LogP contribution in [0.3, 0.4) is 0 Å². The Balaban J connectivity index is 1.18. The van der Waals surface area contributed by atoms with Gasteiger partial charge >= 0.3 is 0 Å². The third-order valence-electron chi connectivity index (χ3n) is 7.55. The Morgan fingerprint density at radius 1 is 0.865 bits per heavy atom. The maximum atomic E-state index is 13.3. The van der Waals surface area contributed by atoms with E-state index in [1.165, 1.54) is 10.5 Å². The number of amides is 3. The maximum absolute atomic E-state index is 13.3. The number of aromatic nitrogens is 2. The van der Waals surface area contributed by atoms with E-state index in [0.717, 1.165) is 40.8 Å². The fraction of sp³-hybridized carbons (Fsp3) is 0.267. The van der Waals surface area contributed by atoms with E-state index in [1.807, 2.05) is 36.9 Å². The molecular formula is C30H28N4O3. The molecule has 6 rings (SSSR count). The van der Waals surface area contributed by atoms with Crippen LogP contribution in [0.25, 0.3) is 11.0 Å². The van der Waals surface area contributed by atoms with Crippen LogP contribution in [0.15, 0.2) is 54.6 Å². The van der Waals surface area contributed by atoms with Crippen LogP contribution in [-0.2, 0) is 0 Å². The molecule has 2 aliphatic heterocycles. The first-order valence-electron chi connectivity index (χ1n) is 12.7. The third-order valence-corrected chi connectivity index (χ3v) is 7.55. The molecule has 1 fully saturated rings. The molecule has 1 saturated heterocycles. The fourth-order valence-corrected chi connectivity index (χ4v) is 5.52. The van der Waals surface area contributed by atoms with Crippen molar-refractivity contribution >= 4 is 34.4 Å². The predicted octanol–water partition coefficient (Wildman–Crippen LogP) is 5.31. The molecule has 3 amide bonds. The number of piperidine rings is 1. The van der Waals surface area contributed by atoms with Gasteiger partial charge in [-0.05, 0) is 81.1 Å². The second kappa shape index (κ2) is 8.69. The predicted molar refractivity (Wildman–Crippen MR) is 142 cm³/mol. The molecule has 3 aromatic carbocycles. The van der Waals surface area contributed by atoms with Gasteiger partial charge in [0.1, 0.15) is 5.82 Å². The van der Waals surface area contributed by atoms with Crippen LogP contribution in [0, 0.1) is 20.8 Å². The van der Waals surface area contributed by atoms with Gasteiger partial charge in [0, 0.05) is 24.6 Å². The molecule has 1 aromatic heterocycles. The Kier molecular flexibility index (Phi) is 5.44. The number of imide groups is 1. The average Bonchev–Trinajstić information content (AvgIpc) is 3.42. The second-order valence-electron chi connectivity index (χ2n) is 10.2. The van der Waals surface area contributed by atoms with Gasteiger partial charge in [-0.1, -0.05) is 23.8 Å². The minimum atomic E-state index is -0.388. The molecule has 0 aliphatic carbocycles. The van der Waals surface area contributed by atoms with Gasteiger partial charge in [0.05, 0.1) is 27.8 Å². The van der Waals surface area contributed by atoms with E-state index in [4.69, 9.17) is 4.98 Å². The largest absolute Gasteiger partial charge is 0.342 e. The number of fused-ring (bicyclic) bond motifs is 2. The lowest BCUT2D eigenvalue weighted by Crippen LogP contribution is -2.38. The van der Waals surface area contributed by atoms with E-state index in [1.54, 1.807) is 24.3 Å². The highest BCUT2D eigenvalue weighted by Gasteiger charge is 2.38. The molecule has 2 aliphatic rings. The van der Waals surface area contributed by atoms with Crippen molar-refractivity contribution in [3.05, 3.63) is 93.8 Å². The van der Waals surface area contributed by atoms with Gasteiger partial charge in [0.25, 0.3) is 17.7 Å². The van der Waals surface area contributed by atoms with Crippen LogP contribution in [0.5, 0.6) is 0 Å². The van der Waals surface area contributed by atoms with Crippen LogP contribution in [0.2, 0.25) is 0 Å². The zero-order valence-electron chi connectivity index (χ0n) is 21.2. The molecule has 0 bridgehead atoms. The highest BCUT2D eigenvalue weighted by Crippen LogP contribution is 2.33. The number of benzene rings is 3. The lowest BCUT2D eigenvalue weighted by Gasteiger charge is -2.31. The molecule has 7 heteroatoms. The highest BCUT2D eigenvalue weighted by atomic mass is 16.2. The van der Waals surface area contributed by atoms with Crippen molar-refractivity contribution in [1.29, 1.82) is 0 Å². The first kappa shape index (κ1) is 23.2. The summed E-state index contributed by atoms with van der Waals surface area (Å²) >= 11 is 0. The summed E-state index contributed by atoms with van der Waals surface area (Å²) in [6.07, 6.45) is 1.63. The number of hydrogen-bond donors (Lipinski definition) is 1. The van der Waals surface area contributed by atoms with Crippen molar-refractivity contribution < 1.29 is 14.4 Å². The zero-order valence-corrected chi connectivity index (χ0v) is 21.2. The summed E-state index contributed by atoms with van der Waals surface area (Å²) in [5.74, 6) is 0.378. The Hall–Kier alpha value is -4.26. The van der Waals surface area contributed by atoms with Crippen LogP contribution in [0.1, 0.15) is 72.3 Å². The smallest absolute Gasteiger partial charge is 0.266 e. The summed E-state index contributed by atoms with van der Waals surface area (Å²) in [6, 6.07) is 16.7. The molecule has 0 atom stereocenters. The number of hydrogen-bond acceptors (Lipinski definition) is 4. The van der Waals surface area contributed by atoms with Crippen LogP contribution >= 0.6 is 0 Å². The molecule has 1 N–H and O–H groups in total. The number of nitrogens with one attached hydrogen (secondary N) is 1. The Bertz CT molecular complexity index is 1590. The van der Waals surface area contributed by atoms with Crippen molar-refractivity contribution in [1.82, 2.24) is 14.9 Å². The van der Waals surface area contributed by atoms with E-state index in [0.29, 0.717) is 29.9 Å². The van der Waals surface area contributed by atoms with Gasteiger partial charge in [0.2, 0.25) is 0 Å². The quantitative estimate of drug-likeness (QED) is 0.393.